The predicted molar refractivity (Wildman–Crippen MR) is 78.1 cm³/mol. The van der Waals surface area contributed by atoms with Gasteiger partial charge in [0.1, 0.15) is 0 Å². The van der Waals surface area contributed by atoms with E-state index < -0.39 is 0 Å². The number of hydrogen-bond donors (Lipinski definition) is 0. The van der Waals surface area contributed by atoms with Crippen molar-refractivity contribution in [1.82, 2.24) is 0 Å². The van der Waals surface area contributed by atoms with Gasteiger partial charge in [0.2, 0.25) is 0 Å². The van der Waals surface area contributed by atoms with Gasteiger partial charge in [0.25, 0.3) is 0 Å². The van der Waals surface area contributed by atoms with Crippen LogP contribution in [0.1, 0.15) is 72.6 Å². The maximum absolute atomic E-state index is 2.49. The summed E-state index contributed by atoms with van der Waals surface area (Å²) in [7, 11) is 0. The highest BCUT2D eigenvalue weighted by molar-refractivity contribution is 4.89. The molecule has 0 aromatic carbocycles. The molecule has 0 nitrogen and oxygen atoms in total. The molecule has 0 saturated heterocycles. The van der Waals surface area contributed by atoms with Crippen molar-refractivity contribution in [3.63, 3.8) is 0 Å². The van der Waals surface area contributed by atoms with Gasteiger partial charge in [-0.2, -0.15) is 0 Å². The SMILES string of the molecule is CC=CC(C)C1CCCCCC(C)CCC1C. The van der Waals surface area contributed by atoms with Gasteiger partial charge >= 0.3 is 0 Å². The van der Waals surface area contributed by atoms with Crippen molar-refractivity contribution < 1.29 is 0 Å². The molecule has 0 N–H and O–H groups in total. The zero-order valence-corrected chi connectivity index (χ0v) is 12.4. The average molecular weight is 236 g/mol. The molecule has 1 aliphatic carbocycles. The molecule has 0 amide bonds. The van der Waals surface area contributed by atoms with Crippen LogP contribution in [-0.4, -0.2) is 0 Å². The summed E-state index contributed by atoms with van der Waals surface area (Å²) < 4.78 is 0. The van der Waals surface area contributed by atoms with Crippen LogP contribution in [0.3, 0.4) is 0 Å². The van der Waals surface area contributed by atoms with E-state index in [9.17, 15) is 0 Å². The Morgan fingerprint density at radius 1 is 0.941 bits per heavy atom. The van der Waals surface area contributed by atoms with Crippen LogP contribution in [0.2, 0.25) is 0 Å². The van der Waals surface area contributed by atoms with E-state index >= 15 is 0 Å². The van der Waals surface area contributed by atoms with E-state index in [1.165, 1.54) is 44.9 Å². The van der Waals surface area contributed by atoms with Crippen molar-refractivity contribution in [2.45, 2.75) is 72.6 Å². The van der Waals surface area contributed by atoms with E-state index in [0.29, 0.717) is 0 Å². The zero-order valence-electron chi connectivity index (χ0n) is 12.4. The van der Waals surface area contributed by atoms with Gasteiger partial charge in [-0.05, 0) is 37.0 Å². The quantitative estimate of drug-likeness (QED) is 0.529. The summed E-state index contributed by atoms with van der Waals surface area (Å²) in [4.78, 5) is 0. The third-order valence-electron chi connectivity index (χ3n) is 4.75. The molecule has 1 aliphatic rings. The molecule has 0 aromatic heterocycles. The Morgan fingerprint density at radius 2 is 1.65 bits per heavy atom. The van der Waals surface area contributed by atoms with E-state index in [-0.39, 0.29) is 0 Å². The van der Waals surface area contributed by atoms with E-state index in [1.54, 1.807) is 0 Å². The maximum Gasteiger partial charge on any atom is -0.0231 e. The fourth-order valence-electron chi connectivity index (χ4n) is 3.47. The molecule has 0 aromatic rings. The van der Waals surface area contributed by atoms with E-state index in [4.69, 9.17) is 0 Å². The number of rotatable bonds is 2. The summed E-state index contributed by atoms with van der Waals surface area (Å²) in [5, 5.41) is 0. The number of hydrogen-bond acceptors (Lipinski definition) is 0. The summed E-state index contributed by atoms with van der Waals surface area (Å²) >= 11 is 0. The fraction of sp³-hybridized carbons (Fsp3) is 0.882. The van der Waals surface area contributed by atoms with Crippen molar-refractivity contribution in [2.24, 2.45) is 23.7 Å². The minimum Gasteiger partial charge on any atom is -0.0914 e. The van der Waals surface area contributed by atoms with Crippen molar-refractivity contribution in [3.05, 3.63) is 12.2 Å². The zero-order chi connectivity index (χ0) is 12.7. The van der Waals surface area contributed by atoms with Crippen molar-refractivity contribution in [3.8, 4) is 0 Å². The van der Waals surface area contributed by atoms with Gasteiger partial charge in [0.15, 0.2) is 0 Å². The molecule has 0 spiro atoms. The molecule has 1 fully saturated rings. The highest BCUT2D eigenvalue weighted by atomic mass is 14.3. The molecule has 1 saturated carbocycles. The van der Waals surface area contributed by atoms with Crippen LogP contribution in [-0.2, 0) is 0 Å². The Kier molecular flexibility index (Phi) is 6.92. The molecule has 4 atom stereocenters. The van der Waals surface area contributed by atoms with Crippen LogP contribution < -0.4 is 0 Å². The Hall–Kier alpha value is -0.260. The molecular formula is C17H32. The Labute approximate surface area is 109 Å². The highest BCUT2D eigenvalue weighted by Gasteiger charge is 2.22. The molecule has 0 heterocycles. The Morgan fingerprint density at radius 3 is 2.35 bits per heavy atom. The van der Waals surface area contributed by atoms with Crippen LogP contribution in [0.5, 0.6) is 0 Å². The van der Waals surface area contributed by atoms with Gasteiger partial charge in [-0.1, -0.05) is 71.4 Å². The molecule has 0 heteroatoms. The third kappa shape index (κ3) is 5.27. The van der Waals surface area contributed by atoms with Gasteiger partial charge in [-0.25, -0.2) is 0 Å². The lowest BCUT2D eigenvalue weighted by Gasteiger charge is -2.30. The molecule has 0 radical (unpaired) electrons. The standard InChI is InChI=1S/C17H32/c1-5-9-15(3)17-11-8-6-7-10-14(2)12-13-16(17)4/h5,9,14-17H,6-8,10-13H2,1-4H3. The molecule has 0 aliphatic heterocycles. The van der Waals surface area contributed by atoms with Crippen molar-refractivity contribution >= 4 is 0 Å². The van der Waals surface area contributed by atoms with Gasteiger partial charge in [0.05, 0.1) is 0 Å². The van der Waals surface area contributed by atoms with Crippen LogP contribution in [0.4, 0.5) is 0 Å². The largest absolute Gasteiger partial charge is 0.0914 e. The monoisotopic (exact) mass is 236 g/mol. The first-order chi connectivity index (χ1) is 8.15. The summed E-state index contributed by atoms with van der Waals surface area (Å²) in [6.07, 6.45) is 14.8. The first kappa shape index (κ1) is 14.8. The summed E-state index contributed by atoms with van der Waals surface area (Å²) in [5.74, 6) is 3.54. The van der Waals surface area contributed by atoms with Crippen molar-refractivity contribution in [2.75, 3.05) is 0 Å². The highest BCUT2D eigenvalue weighted by Crippen LogP contribution is 2.33. The van der Waals surface area contributed by atoms with Crippen LogP contribution in [0.15, 0.2) is 12.2 Å². The normalized spacial score (nSPS) is 34.7. The van der Waals surface area contributed by atoms with Crippen LogP contribution >= 0.6 is 0 Å². The minimum absolute atomic E-state index is 0.768. The third-order valence-corrected chi connectivity index (χ3v) is 4.75. The smallest absolute Gasteiger partial charge is 0.0231 e. The Balaban J connectivity index is 2.58. The average Bonchev–Trinajstić information content (AvgIpc) is 2.30. The summed E-state index contributed by atoms with van der Waals surface area (Å²) in [6.45, 7) is 9.50. The lowest BCUT2D eigenvalue weighted by Crippen LogP contribution is -2.20. The molecule has 4 unspecified atom stereocenters. The molecule has 0 bridgehead atoms. The van der Waals surface area contributed by atoms with Crippen molar-refractivity contribution in [1.29, 1.82) is 0 Å². The summed E-state index contributed by atoms with van der Waals surface area (Å²) in [5.41, 5.74) is 0. The molecule has 1 rings (SSSR count). The second kappa shape index (κ2) is 7.95. The van der Waals surface area contributed by atoms with E-state index in [0.717, 1.165) is 23.7 Å². The van der Waals surface area contributed by atoms with E-state index in [1.807, 2.05) is 0 Å². The first-order valence-electron chi connectivity index (χ1n) is 7.78. The fourth-order valence-corrected chi connectivity index (χ4v) is 3.47. The molecule has 17 heavy (non-hydrogen) atoms. The molecule has 100 valence electrons. The maximum atomic E-state index is 2.49. The topological polar surface area (TPSA) is 0 Å². The first-order valence-corrected chi connectivity index (χ1v) is 7.78. The summed E-state index contributed by atoms with van der Waals surface area (Å²) in [6, 6.07) is 0. The number of allylic oxidation sites excluding steroid dienone is 2. The lowest BCUT2D eigenvalue weighted by molar-refractivity contribution is 0.228. The van der Waals surface area contributed by atoms with Gasteiger partial charge in [-0.3, -0.25) is 0 Å². The minimum atomic E-state index is 0.768. The van der Waals surface area contributed by atoms with Crippen LogP contribution in [0, 0.1) is 23.7 Å². The Bertz CT molecular complexity index is 216. The van der Waals surface area contributed by atoms with Crippen LogP contribution in [0.25, 0.3) is 0 Å². The lowest BCUT2D eigenvalue weighted by atomic mass is 9.76. The predicted octanol–water partition coefficient (Wildman–Crippen LogP) is 5.83. The van der Waals surface area contributed by atoms with Gasteiger partial charge in [0, 0.05) is 0 Å². The second-order valence-corrected chi connectivity index (χ2v) is 6.35. The second-order valence-electron chi connectivity index (χ2n) is 6.35. The molecular weight excluding hydrogens is 204 g/mol. The van der Waals surface area contributed by atoms with Gasteiger partial charge < -0.3 is 0 Å². The van der Waals surface area contributed by atoms with Gasteiger partial charge in [-0.15, -0.1) is 0 Å². The van der Waals surface area contributed by atoms with E-state index in [2.05, 4.69) is 39.8 Å².